The van der Waals surface area contributed by atoms with Crippen molar-refractivity contribution < 1.29 is 18.7 Å². The molecule has 194 valence electrons. The van der Waals surface area contributed by atoms with E-state index < -0.39 is 0 Å². The molecule has 0 atom stereocenters. The van der Waals surface area contributed by atoms with Crippen molar-refractivity contribution >= 4 is 28.2 Å². The summed E-state index contributed by atoms with van der Waals surface area (Å²) in [4.78, 5) is 20.8. The number of fused-ring (bicyclic) bond motifs is 2. The lowest BCUT2D eigenvalue weighted by Crippen LogP contribution is -2.47. The van der Waals surface area contributed by atoms with Crippen molar-refractivity contribution in [2.45, 2.75) is 13.8 Å². The maximum absolute atomic E-state index is 14.1. The summed E-state index contributed by atoms with van der Waals surface area (Å²) in [6.07, 6.45) is 1.66. The highest BCUT2D eigenvalue weighted by atomic mass is 19.1. The van der Waals surface area contributed by atoms with Crippen molar-refractivity contribution in [1.82, 2.24) is 10.4 Å². The van der Waals surface area contributed by atoms with Crippen LogP contribution in [0.25, 0.3) is 22.0 Å². The number of pyridine rings is 1. The van der Waals surface area contributed by atoms with Crippen LogP contribution in [0.2, 0.25) is 0 Å². The minimum atomic E-state index is -0.255. The number of rotatable bonds is 4. The Balaban J connectivity index is 1.47. The fraction of sp³-hybridized carbons (Fsp3) is 0.267. The van der Waals surface area contributed by atoms with Crippen LogP contribution in [-0.4, -0.2) is 50.3 Å². The number of para-hydroxylation sites is 3. The summed E-state index contributed by atoms with van der Waals surface area (Å²) in [5, 5.41) is 2.71. The Kier molecular flexibility index (Phi) is 6.33. The SMILES string of the molecule is Cc1cc(F)cc(C)c1-c1cccc2c(N3CCOCC3)c(C(=O)NN3CCOc4ccccc43)cnc12. The van der Waals surface area contributed by atoms with Crippen LogP contribution in [0.1, 0.15) is 21.5 Å². The van der Waals surface area contributed by atoms with Crippen LogP contribution in [0.15, 0.2) is 60.8 Å². The first kappa shape index (κ1) is 24.2. The normalized spacial score (nSPS) is 15.2. The van der Waals surface area contributed by atoms with Crippen molar-refractivity contribution in [2.24, 2.45) is 0 Å². The number of aromatic nitrogens is 1. The molecule has 0 radical (unpaired) electrons. The molecule has 0 bridgehead atoms. The van der Waals surface area contributed by atoms with Crippen molar-refractivity contribution in [3.63, 3.8) is 0 Å². The summed E-state index contributed by atoms with van der Waals surface area (Å²) >= 11 is 0. The number of hydrogen-bond donors (Lipinski definition) is 1. The molecular formula is C30H29FN4O3. The number of nitrogens with one attached hydrogen (secondary N) is 1. The van der Waals surface area contributed by atoms with E-state index in [1.807, 2.05) is 61.3 Å². The van der Waals surface area contributed by atoms with Gasteiger partial charge in [0, 0.05) is 30.2 Å². The monoisotopic (exact) mass is 512 g/mol. The predicted octanol–water partition coefficient (Wildman–Crippen LogP) is 5.04. The molecule has 8 heteroatoms. The minimum Gasteiger partial charge on any atom is -0.489 e. The first-order valence-electron chi connectivity index (χ1n) is 12.8. The van der Waals surface area contributed by atoms with Crippen LogP contribution < -0.4 is 20.1 Å². The number of morpholine rings is 1. The van der Waals surface area contributed by atoms with E-state index >= 15 is 0 Å². The second-order valence-corrected chi connectivity index (χ2v) is 9.64. The van der Waals surface area contributed by atoms with Crippen LogP contribution in [0.4, 0.5) is 15.8 Å². The molecule has 2 aliphatic rings. The fourth-order valence-electron chi connectivity index (χ4n) is 5.51. The summed E-state index contributed by atoms with van der Waals surface area (Å²) in [7, 11) is 0. The molecule has 6 rings (SSSR count). The average molecular weight is 513 g/mol. The van der Waals surface area contributed by atoms with Gasteiger partial charge < -0.3 is 14.4 Å². The van der Waals surface area contributed by atoms with Crippen molar-refractivity contribution in [3.8, 4) is 16.9 Å². The second kappa shape index (κ2) is 9.95. The number of amides is 1. The molecule has 38 heavy (non-hydrogen) atoms. The molecule has 1 amide bonds. The van der Waals surface area contributed by atoms with Crippen molar-refractivity contribution in [1.29, 1.82) is 0 Å². The fourth-order valence-corrected chi connectivity index (χ4v) is 5.51. The third-order valence-electron chi connectivity index (χ3n) is 7.17. The maximum Gasteiger partial charge on any atom is 0.273 e. The molecule has 0 spiro atoms. The van der Waals surface area contributed by atoms with E-state index in [0.717, 1.165) is 50.3 Å². The number of nitrogens with zero attached hydrogens (tertiary/aromatic N) is 3. The van der Waals surface area contributed by atoms with Gasteiger partial charge in [-0.2, -0.15) is 0 Å². The highest BCUT2D eigenvalue weighted by molar-refractivity contribution is 6.10. The molecule has 3 aromatic carbocycles. The van der Waals surface area contributed by atoms with Gasteiger partial charge in [-0.15, -0.1) is 0 Å². The number of carbonyl (C=O) groups is 1. The van der Waals surface area contributed by atoms with Gasteiger partial charge in [-0.05, 0) is 54.8 Å². The summed E-state index contributed by atoms with van der Waals surface area (Å²) in [5.74, 6) is 0.241. The molecule has 1 aromatic heterocycles. The van der Waals surface area contributed by atoms with E-state index in [4.69, 9.17) is 14.5 Å². The smallest absolute Gasteiger partial charge is 0.273 e. The molecule has 1 fully saturated rings. The lowest BCUT2D eigenvalue weighted by atomic mass is 9.92. The van der Waals surface area contributed by atoms with Gasteiger partial charge in [0.2, 0.25) is 0 Å². The Morgan fingerprint density at radius 3 is 2.53 bits per heavy atom. The van der Waals surface area contributed by atoms with Crippen molar-refractivity contribution in [3.05, 3.63) is 83.3 Å². The number of anilines is 2. The maximum atomic E-state index is 14.1. The Hall–Kier alpha value is -4.17. The predicted molar refractivity (Wildman–Crippen MR) is 146 cm³/mol. The quantitative estimate of drug-likeness (QED) is 0.413. The Morgan fingerprint density at radius 1 is 0.974 bits per heavy atom. The number of halogens is 1. The Bertz CT molecular complexity index is 1510. The van der Waals surface area contributed by atoms with Gasteiger partial charge in [0.1, 0.15) is 18.2 Å². The molecule has 3 heterocycles. The van der Waals surface area contributed by atoms with Crippen LogP contribution in [0, 0.1) is 19.7 Å². The number of ether oxygens (including phenoxy) is 2. The molecule has 7 nitrogen and oxygen atoms in total. The van der Waals surface area contributed by atoms with Gasteiger partial charge in [0.05, 0.1) is 42.2 Å². The van der Waals surface area contributed by atoms with Crippen molar-refractivity contribution in [2.75, 3.05) is 49.4 Å². The van der Waals surface area contributed by atoms with Gasteiger partial charge >= 0.3 is 0 Å². The van der Waals surface area contributed by atoms with Crippen LogP contribution in [0.5, 0.6) is 5.75 Å². The molecular weight excluding hydrogens is 483 g/mol. The third kappa shape index (κ3) is 4.31. The van der Waals surface area contributed by atoms with Crippen LogP contribution in [-0.2, 0) is 4.74 Å². The van der Waals surface area contributed by atoms with Crippen LogP contribution in [0.3, 0.4) is 0 Å². The molecule has 0 aliphatic carbocycles. The summed E-state index contributed by atoms with van der Waals surface area (Å²) < 4.78 is 25.4. The van der Waals surface area contributed by atoms with E-state index in [1.54, 1.807) is 18.3 Å². The molecule has 2 aliphatic heterocycles. The zero-order valence-electron chi connectivity index (χ0n) is 21.5. The second-order valence-electron chi connectivity index (χ2n) is 9.64. The molecule has 0 saturated carbocycles. The molecule has 4 aromatic rings. The lowest BCUT2D eigenvalue weighted by molar-refractivity contribution is 0.0943. The van der Waals surface area contributed by atoms with Gasteiger partial charge in [-0.25, -0.2) is 4.39 Å². The standard InChI is InChI=1S/C30H29FN4O3/c1-19-16-21(31)17-20(2)27(19)22-6-5-7-23-28(22)32-18-24(29(23)34-10-13-37-14-11-34)30(36)33-35-12-15-38-26-9-4-3-8-25(26)35/h3-9,16-18H,10-15H2,1-2H3,(H,33,36). The molecule has 0 unspecified atom stereocenters. The number of hydrogen-bond acceptors (Lipinski definition) is 6. The first-order chi connectivity index (χ1) is 18.5. The van der Waals surface area contributed by atoms with E-state index in [-0.39, 0.29) is 11.7 Å². The summed E-state index contributed by atoms with van der Waals surface area (Å²) in [6, 6.07) is 16.7. The number of benzene rings is 3. The summed E-state index contributed by atoms with van der Waals surface area (Å²) in [5.41, 5.74) is 9.57. The van der Waals surface area contributed by atoms with E-state index in [2.05, 4.69) is 10.3 Å². The number of carbonyl (C=O) groups excluding carboxylic acids is 1. The first-order valence-corrected chi connectivity index (χ1v) is 12.8. The van der Waals surface area contributed by atoms with Gasteiger partial charge in [-0.1, -0.05) is 30.3 Å². The van der Waals surface area contributed by atoms with Gasteiger partial charge in [0.25, 0.3) is 5.91 Å². The third-order valence-corrected chi connectivity index (χ3v) is 7.17. The average Bonchev–Trinajstić information content (AvgIpc) is 2.92. The number of aryl methyl sites for hydroxylation is 2. The van der Waals surface area contributed by atoms with E-state index in [9.17, 15) is 9.18 Å². The Labute approximate surface area is 220 Å². The van der Waals surface area contributed by atoms with Gasteiger partial charge in [-0.3, -0.25) is 20.2 Å². The van der Waals surface area contributed by atoms with Crippen LogP contribution >= 0.6 is 0 Å². The van der Waals surface area contributed by atoms with E-state index in [0.29, 0.717) is 45.0 Å². The summed E-state index contributed by atoms with van der Waals surface area (Å²) in [6.45, 7) is 7.32. The molecule has 1 N–H and O–H groups in total. The highest BCUT2D eigenvalue weighted by Crippen LogP contribution is 2.38. The zero-order valence-corrected chi connectivity index (χ0v) is 21.5. The number of hydrazine groups is 1. The highest BCUT2D eigenvalue weighted by Gasteiger charge is 2.26. The lowest BCUT2D eigenvalue weighted by Gasteiger charge is -2.33. The van der Waals surface area contributed by atoms with E-state index in [1.165, 1.54) is 0 Å². The Morgan fingerprint density at radius 2 is 1.74 bits per heavy atom. The molecule has 1 saturated heterocycles. The zero-order chi connectivity index (χ0) is 26.2. The minimum absolute atomic E-state index is 0.239. The topological polar surface area (TPSA) is 66.9 Å². The largest absolute Gasteiger partial charge is 0.489 e. The van der Waals surface area contributed by atoms with Gasteiger partial charge in [0.15, 0.2) is 0 Å².